The van der Waals surface area contributed by atoms with Crippen molar-refractivity contribution in [3.05, 3.63) is 87.0 Å². The molecule has 2 N–H and O–H groups in total. The molecule has 30 heavy (non-hydrogen) atoms. The largest absolute Gasteiger partial charge is 0.744 e. The molecule has 12 heteroatoms. The molecule has 0 saturated carbocycles. The van der Waals surface area contributed by atoms with E-state index < -0.39 is 36.2 Å². The lowest BCUT2D eigenvalue weighted by Gasteiger charge is -2.17. The van der Waals surface area contributed by atoms with Gasteiger partial charge in [0.1, 0.15) is 15.8 Å². The minimum Gasteiger partial charge on any atom is -0.744 e. The quantitative estimate of drug-likeness (QED) is 0.321. The van der Waals surface area contributed by atoms with Gasteiger partial charge in [-0.1, -0.05) is 18.2 Å². The fourth-order valence-corrected chi connectivity index (χ4v) is 3.29. The van der Waals surface area contributed by atoms with Crippen LogP contribution in [-0.2, 0) is 10.1 Å². The molecule has 0 saturated heterocycles. The van der Waals surface area contributed by atoms with E-state index in [1.807, 2.05) is 0 Å². The Hall–Kier alpha value is -4.03. The number of benzene rings is 3. The third-order valence-electron chi connectivity index (χ3n) is 3.97. The maximum Gasteiger partial charge on any atom is 0.299 e. The average Bonchev–Trinajstić information content (AvgIpc) is 2.69. The lowest BCUT2D eigenvalue weighted by Crippen LogP contribution is -2.05. The van der Waals surface area contributed by atoms with Crippen LogP contribution in [0.4, 0.5) is 34.1 Å². The van der Waals surface area contributed by atoms with Crippen molar-refractivity contribution in [2.75, 3.05) is 10.6 Å². The number of nitrogens with one attached hydrogen (secondary N) is 2. The topological polar surface area (TPSA) is 168 Å². The number of nitrogens with zero attached hydrogens (tertiary/aromatic N) is 2. The van der Waals surface area contributed by atoms with Gasteiger partial charge in [0.05, 0.1) is 26.5 Å². The molecule has 0 aliphatic rings. The van der Waals surface area contributed by atoms with Gasteiger partial charge in [0.15, 0.2) is 0 Å². The minimum atomic E-state index is -4.89. The second-order valence-corrected chi connectivity index (χ2v) is 7.34. The highest BCUT2D eigenvalue weighted by atomic mass is 32.2. The van der Waals surface area contributed by atoms with E-state index in [0.29, 0.717) is 5.69 Å². The zero-order valence-electron chi connectivity index (χ0n) is 15.0. The normalized spacial score (nSPS) is 11.0. The summed E-state index contributed by atoms with van der Waals surface area (Å²) in [4.78, 5) is 19.9. The fraction of sp³-hybridized carbons (Fsp3) is 0. The van der Waals surface area contributed by atoms with Gasteiger partial charge in [-0.25, -0.2) is 8.42 Å². The number of rotatable bonds is 7. The smallest absolute Gasteiger partial charge is 0.299 e. The number of non-ortho nitro benzene ring substituents is 1. The molecule has 3 aromatic carbocycles. The summed E-state index contributed by atoms with van der Waals surface area (Å²) in [5.41, 5.74) is -0.516. The standard InChI is InChI=1S/C18H14N4O7S/c23-21(24)14-7-9-15(17(11-14)22(25)26)20-13-6-8-16(18(10-13)30(27,28)29)19-12-4-2-1-3-5-12/h1-11,19-20H,(H,27,28,29)/p-1. The van der Waals surface area contributed by atoms with Crippen LogP contribution in [-0.4, -0.2) is 22.8 Å². The molecule has 0 radical (unpaired) electrons. The van der Waals surface area contributed by atoms with Crippen LogP contribution in [0, 0.1) is 20.2 Å². The molecule has 0 aliphatic heterocycles. The Bertz CT molecular complexity index is 1230. The third-order valence-corrected chi connectivity index (χ3v) is 4.85. The van der Waals surface area contributed by atoms with Crippen molar-refractivity contribution in [3.8, 4) is 0 Å². The molecule has 154 valence electrons. The number of hydrogen-bond donors (Lipinski definition) is 2. The Labute approximate surface area is 170 Å². The van der Waals surface area contributed by atoms with E-state index in [0.717, 1.165) is 24.3 Å². The summed E-state index contributed by atoms with van der Waals surface area (Å²) >= 11 is 0. The van der Waals surface area contributed by atoms with Crippen LogP contribution < -0.4 is 10.6 Å². The molecular weight excluding hydrogens is 416 g/mol. The summed E-state index contributed by atoms with van der Waals surface area (Å²) in [6.07, 6.45) is 0. The zero-order valence-corrected chi connectivity index (χ0v) is 15.8. The van der Waals surface area contributed by atoms with Crippen molar-refractivity contribution < 1.29 is 22.8 Å². The molecule has 0 spiro atoms. The van der Waals surface area contributed by atoms with Gasteiger partial charge in [0, 0.05) is 17.4 Å². The first-order valence-corrected chi connectivity index (χ1v) is 9.68. The molecule has 3 rings (SSSR count). The van der Waals surface area contributed by atoms with Gasteiger partial charge in [-0.15, -0.1) is 0 Å². The average molecular weight is 429 g/mol. The summed E-state index contributed by atoms with van der Waals surface area (Å²) in [6.45, 7) is 0. The second-order valence-electron chi connectivity index (χ2n) is 6.00. The maximum atomic E-state index is 11.7. The number of anilines is 4. The molecule has 0 aliphatic carbocycles. The van der Waals surface area contributed by atoms with Crippen molar-refractivity contribution >= 4 is 44.2 Å². The van der Waals surface area contributed by atoms with Crippen molar-refractivity contribution in [1.29, 1.82) is 0 Å². The molecule has 3 aromatic rings. The molecule has 0 heterocycles. The fourth-order valence-electron chi connectivity index (χ4n) is 2.63. The van der Waals surface area contributed by atoms with E-state index in [-0.39, 0.29) is 17.1 Å². The molecule has 0 aromatic heterocycles. The summed E-state index contributed by atoms with van der Waals surface area (Å²) < 4.78 is 35.2. The number of hydrogen-bond acceptors (Lipinski definition) is 9. The predicted molar refractivity (Wildman–Crippen MR) is 107 cm³/mol. The van der Waals surface area contributed by atoms with Gasteiger partial charge in [-0.3, -0.25) is 20.2 Å². The van der Waals surface area contributed by atoms with Crippen LogP contribution in [0.15, 0.2) is 71.6 Å². The van der Waals surface area contributed by atoms with Crippen molar-refractivity contribution in [3.63, 3.8) is 0 Å². The van der Waals surface area contributed by atoms with E-state index in [2.05, 4.69) is 10.6 Å². The van der Waals surface area contributed by atoms with Crippen LogP contribution >= 0.6 is 0 Å². The minimum absolute atomic E-state index is 0.0277. The molecule has 0 atom stereocenters. The molecule has 0 unspecified atom stereocenters. The van der Waals surface area contributed by atoms with Gasteiger partial charge in [-0.2, -0.15) is 0 Å². The van der Waals surface area contributed by atoms with E-state index in [9.17, 15) is 33.2 Å². The summed E-state index contributed by atoms with van der Waals surface area (Å²) in [7, 11) is -4.89. The van der Waals surface area contributed by atoms with Crippen LogP contribution in [0.25, 0.3) is 0 Å². The van der Waals surface area contributed by atoms with Crippen LogP contribution in [0.3, 0.4) is 0 Å². The number of para-hydroxylation sites is 1. The third kappa shape index (κ3) is 4.68. The van der Waals surface area contributed by atoms with Crippen LogP contribution in [0.5, 0.6) is 0 Å². The highest BCUT2D eigenvalue weighted by Crippen LogP contribution is 2.34. The van der Waals surface area contributed by atoms with Gasteiger partial charge in [-0.05, 0) is 36.4 Å². The van der Waals surface area contributed by atoms with E-state index in [1.165, 1.54) is 12.1 Å². The Morgan fingerprint density at radius 3 is 1.97 bits per heavy atom. The first-order valence-electron chi connectivity index (χ1n) is 8.27. The van der Waals surface area contributed by atoms with E-state index in [4.69, 9.17) is 0 Å². The number of nitro benzene ring substituents is 2. The van der Waals surface area contributed by atoms with Crippen LogP contribution in [0.2, 0.25) is 0 Å². The lowest BCUT2D eigenvalue weighted by molar-refractivity contribution is -0.393. The molecule has 0 fully saturated rings. The van der Waals surface area contributed by atoms with Gasteiger partial charge in [0.2, 0.25) is 0 Å². The van der Waals surface area contributed by atoms with Crippen LogP contribution in [0.1, 0.15) is 0 Å². The maximum absolute atomic E-state index is 11.7. The summed E-state index contributed by atoms with van der Waals surface area (Å²) in [5, 5.41) is 27.6. The van der Waals surface area contributed by atoms with E-state index >= 15 is 0 Å². The SMILES string of the molecule is O=[N+]([O-])c1ccc(Nc2ccc(Nc3ccccc3)c(S(=O)(=O)[O-])c2)c([N+](=O)[O-])c1. The summed E-state index contributed by atoms with van der Waals surface area (Å²) in [5.74, 6) is 0. The second kappa shape index (κ2) is 8.14. The Morgan fingerprint density at radius 1 is 0.733 bits per heavy atom. The first-order chi connectivity index (χ1) is 14.1. The molecule has 0 amide bonds. The Balaban J connectivity index is 2.00. The Kier molecular flexibility index (Phi) is 5.62. The highest BCUT2D eigenvalue weighted by Gasteiger charge is 2.20. The van der Waals surface area contributed by atoms with Crippen molar-refractivity contribution in [2.24, 2.45) is 0 Å². The van der Waals surface area contributed by atoms with Gasteiger partial charge < -0.3 is 15.2 Å². The predicted octanol–water partition coefficient (Wildman–Crippen LogP) is 3.89. The van der Waals surface area contributed by atoms with E-state index in [1.54, 1.807) is 30.3 Å². The summed E-state index contributed by atoms with van der Waals surface area (Å²) in [6, 6.07) is 15.3. The van der Waals surface area contributed by atoms with Gasteiger partial charge in [0.25, 0.3) is 11.4 Å². The lowest BCUT2D eigenvalue weighted by atomic mass is 10.2. The Morgan fingerprint density at radius 2 is 1.37 bits per heavy atom. The monoisotopic (exact) mass is 429 g/mol. The highest BCUT2D eigenvalue weighted by molar-refractivity contribution is 7.86. The first kappa shape index (κ1) is 20.7. The number of nitro groups is 2. The van der Waals surface area contributed by atoms with Gasteiger partial charge >= 0.3 is 0 Å². The molecule has 11 nitrogen and oxygen atoms in total. The molecular formula is C18H13N4O7S-. The zero-order chi connectivity index (χ0) is 21.9. The molecule has 0 bridgehead atoms. The van der Waals surface area contributed by atoms with Crippen molar-refractivity contribution in [2.45, 2.75) is 4.90 Å². The van der Waals surface area contributed by atoms with Crippen molar-refractivity contribution in [1.82, 2.24) is 0 Å².